The number of hydrogen-bond acceptors (Lipinski definition) is 3. The van der Waals surface area contributed by atoms with E-state index in [1.807, 2.05) is 0 Å². The van der Waals surface area contributed by atoms with Crippen LogP contribution in [0.15, 0.2) is 24.3 Å². The minimum atomic E-state index is 0.257. The summed E-state index contributed by atoms with van der Waals surface area (Å²) in [5.41, 5.74) is 9.23. The molecule has 0 aromatic heterocycles. The number of nitrogens with one attached hydrogen (secondary N) is 2. The van der Waals surface area contributed by atoms with Gasteiger partial charge in [0.15, 0.2) is 0 Å². The first-order chi connectivity index (χ1) is 10.2. The highest BCUT2D eigenvalue weighted by Gasteiger charge is 2.19. The third-order valence-corrected chi connectivity index (χ3v) is 4.30. The van der Waals surface area contributed by atoms with Gasteiger partial charge in [0.2, 0.25) is 0 Å². The van der Waals surface area contributed by atoms with Gasteiger partial charge in [0.25, 0.3) is 0 Å². The Hall–Kier alpha value is -0.900. The average Bonchev–Trinajstić information content (AvgIpc) is 2.49. The second-order valence-corrected chi connectivity index (χ2v) is 6.56. The number of hydrogen-bond donors (Lipinski definition) is 3. The lowest BCUT2D eigenvalue weighted by atomic mass is 9.87. The van der Waals surface area contributed by atoms with Crippen molar-refractivity contribution in [3.63, 3.8) is 0 Å². The van der Waals surface area contributed by atoms with E-state index in [2.05, 4.69) is 48.7 Å². The maximum absolute atomic E-state index is 6.24. The molecule has 0 heterocycles. The Morgan fingerprint density at radius 2 is 2.10 bits per heavy atom. The molecule has 0 saturated carbocycles. The zero-order valence-electron chi connectivity index (χ0n) is 13.6. The molecule has 0 bridgehead atoms. The van der Waals surface area contributed by atoms with Crippen molar-refractivity contribution in [2.45, 2.75) is 64.1 Å². The van der Waals surface area contributed by atoms with E-state index in [-0.39, 0.29) is 6.04 Å². The van der Waals surface area contributed by atoms with Crippen molar-refractivity contribution in [3.8, 4) is 0 Å². The fraction of sp³-hybridized carbons (Fsp3) is 0.667. The molecule has 2 atom stereocenters. The summed E-state index contributed by atoms with van der Waals surface area (Å²) in [4.78, 5) is 0. The molecular formula is C18H31N3. The highest BCUT2D eigenvalue weighted by Crippen LogP contribution is 2.29. The summed E-state index contributed by atoms with van der Waals surface area (Å²) in [6.45, 7) is 6.35. The Morgan fingerprint density at radius 1 is 1.29 bits per heavy atom. The van der Waals surface area contributed by atoms with Crippen LogP contribution in [0.25, 0.3) is 0 Å². The normalized spacial score (nSPS) is 19.5. The minimum Gasteiger partial charge on any atom is -0.327 e. The first kappa shape index (κ1) is 16.5. The van der Waals surface area contributed by atoms with E-state index >= 15 is 0 Å². The third kappa shape index (κ3) is 5.42. The summed E-state index contributed by atoms with van der Waals surface area (Å²) in [7, 11) is 0. The molecule has 1 aromatic carbocycles. The van der Waals surface area contributed by atoms with Crippen LogP contribution in [0.1, 0.15) is 56.7 Å². The van der Waals surface area contributed by atoms with Gasteiger partial charge >= 0.3 is 0 Å². The van der Waals surface area contributed by atoms with Gasteiger partial charge in [-0.05, 0) is 49.8 Å². The molecule has 4 N–H and O–H groups in total. The van der Waals surface area contributed by atoms with Crippen molar-refractivity contribution >= 4 is 0 Å². The van der Waals surface area contributed by atoms with Gasteiger partial charge in [-0.25, -0.2) is 0 Å². The summed E-state index contributed by atoms with van der Waals surface area (Å²) >= 11 is 0. The van der Waals surface area contributed by atoms with Gasteiger partial charge in [0, 0.05) is 24.7 Å². The van der Waals surface area contributed by atoms with E-state index < -0.39 is 0 Å². The van der Waals surface area contributed by atoms with E-state index in [1.165, 1.54) is 30.4 Å². The molecule has 3 nitrogen and oxygen atoms in total. The number of fused-ring (bicyclic) bond motifs is 1. The molecule has 0 spiro atoms. The second kappa shape index (κ2) is 8.52. The van der Waals surface area contributed by atoms with Gasteiger partial charge in [-0.15, -0.1) is 0 Å². The van der Waals surface area contributed by atoms with Crippen LogP contribution in [-0.2, 0) is 6.42 Å². The number of benzene rings is 1. The lowest BCUT2D eigenvalue weighted by molar-refractivity contribution is 0.423. The zero-order valence-corrected chi connectivity index (χ0v) is 13.6. The number of rotatable bonds is 8. The van der Waals surface area contributed by atoms with E-state index in [9.17, 15) is 0 Å². The lowest BCUT2D eigenvalue weighted by Crippen LogP contribution is -2.37. The molecule has 1 aromatic rings. The van der Waals surface area contributed by atoms with Crippen molar-refractivity contribution < 1.29 is 0 Å². The Labute approximate surface area is 129 Å². The van der Waals surface area contributed by atoms with Crippen LogP contribution >= 0.6 is 0 Å². The molecule has 1 aliphatic rings. The van der Waals surface area contributed by atoms with Crippen LogP contribution in [0, 0.1) is 0 Å². The van der Waals surface area contributed by atoms with E-state index in [4.69, 9.17) is 5.73 Å². The maximum Gasteiger partial charge on any atom is 0.0323 e. The van der Waals surface area contributed by atoms with E-state index in [1.54, 1.807) is 0 Å². The Bertz CT molecular complexity index is 417. The highest BCUT2D eigenvalue weighted by molar-refractivity contribution is 5.32. The van der Waals surface area contributed by atoms with Gasteiger partial charge in [-0.1, -0.05) is 38.1 Å². The van der Waals surface area contributed by atoms with Crippen LogP contribution in [-0.4, -0.2) is 25.2 Å². The Kier molecular flexibility index (Phi) is 6.68. The predicted molar refractivity (Wildman–Crippen MR) is 90.5 cm³/mol. The standard InChI is InChI=1S/C18H31N3/c1-14(2)20-12-6-9-16(19)13-21-18-11-5-8-15-7-3-4-10-17(15)18/h3-4,7,10,14,16,18,20-21H,5-6,8-9,11-13,19H2,1-2H3. The molecule has 21 heavy (non-hydrogen) atoms. The van der Waals surface area contributed by atoms with E-state index in [0.29, 0.717) is 12.1 Å². The Balaban J connectivity index is 1.71. The molecule has 2 unspecified atom stereocenters. The molecule has 0 radical (unpaired) electrons. The van der Waals surface area contributed by atoms with Gasteiger partial charge in [0.05, 0.1) is 0 Å². The second-order valence-electron chi connectivity index (χ2n) is 6.56. The van der Waals surface area contributed by atoms with Gasteiger partial charge in [-0.2, -0.15) is 0 Å². The summed E-state index contributed by atoms with van der Waals surface area (Å²) in [6.07, 6.45) is 5.98. The smallest absolute Gasteiger partial charge is 0.0323 e. The molecule has 0 amide bonds. The van der Waals surface area contributed by atoms with Gasteiger partial charge < -0.3 is 16.4 Å². The summed E-state index contributed by atoms with van der Waals surface area (Å²) in [5, 5.41) is 7.13. The lowest BCUT2D eigenvalue weighted by Gasteiger charge is -2.27. The summed E-state index contributed by atoms with van der Waals surface area (Å²) < 4.78 is 0. The van der Waals surface area contributed by atoms with Crippen molar-refractivity contribution in [3.05, 3.63) is 35.4 Å². The molecule has 0 saturated heterocycles. The summed E-state index contributed by atoms with van der Waals surface area (Å²) in [6, 6.07) is 10.1. The van der Waals surface area contributed by atoms with Gasteiger partial charge in [0.1, 0.15) is 0 Å². The summed E-state index contributed by atoms with van der Waals surface area (Å²) in [5.74, 6) is 0. The molecule has 3 heteroatoms. The van der Waals surface area contributed by atoms with Crippen LogP contribution in [0.4, 0.5) is 0 Å². The first-order valence-corrected chi connectivity index (χ1v) is 8.47. The monoisotopic (exact) mass is 289 g/mol. The SMILES string of the molecule is CC(C)NCCCC(N)CNC1CCCc2ccccc21. The fourth-order valence-corrected chi connectivity index (χ4v) is 3.12. The van der Waals surface area contributed by atoms with Crippen molar-refractivity contribution in [1.82, 2.24) is 10.6 Å². The quantitative estimate of drug-likeness (QED) is 0.645. The molecular weight excluding hydrogens is 258 g/mol. The maximum atomic E-state index is 6.24. The topological polar surface area (TPSA) is 50.1 Å². The molecule has 1 aliphatic carbocycles. The minimum absolute atomic E-state index is 0.257. The number of nitrogens with two attached hydrogens (primary N) is 1. The van der Waals surface area contributed by atoms with Crippen LogP contribution in [0.2, 0.25) is 0 Å². The molecule has 2 rings (SSSR count). The predicted octanol–water partition coefficient (Wildman–Crippen LogP) is 2.76. The molecule has 118 valence electrons. The van der Waals surface area contributed by atoms with Crippen molar-refractivity contribution in [2.24, 2.45) is 5.73 Å². The van der Waals surface area contributed by atoms with Crippen LogP contribution < -0.4 is 16.4 Å². The van der Waals surface area contributed by atoms with E-state index in [0.717, 1.165) is 25.9 Å². The number of aryl methyl sites for hydroxylation is 1. The van der Waals surface area contributed by atoms with Gasteiger partial charge in [-0.3, -0.25) is 0 Å². The third-order valence-electron chi connectivity index (χ3n) is 4.30. The van der Waals surface area contributed by atoms with Crippen LogP contribution in [0.3, 0.4) is 0 Å². The Morgan fingerprint density at radius 3 is 2.90 bits per heavy atom. The average molecular weight is 289 g/mol. The molecule has 0 fully saturated rings. The largest absolute Gasteiger partial charge is 0.327 e. The van der Waals surface area contributed by atoms with Crippen molar-refractivity contribution in [1.29, 1.82) is 0 Å². The fourth-order valence-electron chi connectivity index (χ4n) is 3.12. The highest BCUT2D eigenvalue weighted by atomic mass is 14.9. The first-order valence-electron chi connectivity index (χ1n) is 8.47. The van der Waals surface area contributed by atoms with Crippen LogP contribution in [0.5, 0.6) is 0 Å². The van der Waals surface area contributed by atoms with Crippen molar-refractivity contribution in [2.75, 3.05) is 13.1 Å². The zero-order chi connectivity index (χ0) is 15.1. The molecule has 0 aliphatic heterocycles.